The molecule has 208 valence electrons. The van der Waals surface area contributed by atoms with Gasteiger partial charge >= 0.3 is 18.1 Å². The molecule has 1 aliphatic rings. The van der Waals surface area contributed by atoms with Gasteiger partial charge in [0.2, 0.25) is 0 Å². The maximum Gasteiger partial charge on any atom is 0.407 e. The lowest BCUT2D eigenvalue weighted by Crippen LogP contribution is -2.38. The van der Waals surface area contributed by atoms with E-state index < -0.39 is 30.7 Å². The summed E-state index contributed by atoms with van der Waals surface area (Å²) < 4.78 is 10.7. The highest BCUT2D eigenvalue weighted by Crippen LogP contribution is 2.44. The predicted octanol–water partition coefficient (Wildman–Crippen LogP) is 4.29. The predicted molar refractivity (Wildman–Crippen MR) is 151 cm³/mol. The topological polar surface area (TPSA) is 138 Å². The number of hydrogen-bond acceptors (Lipinski definition) is 6. The molecule has 0 unspecified atom stereocenters. The van der Waals surface area contributed by atoms with Crippen molar-refractivity contribution < 1.29 is 29.0 Å². The molecular weight excluding hydrogens is 512 g/mol. The molecule has 3 aromatic carbocycles. The summed E-state index contributed by atoms with van der Waals surface area (Å²) in [6.45, 7) is 2.07. The van der Waals surface area contributed by atoms with Gasteiger partial charge in [0.25, 0.3) is 0 Å². The second kappa shape index (κ2) is 13.8. The van der Waals surface area contributed by atoms with E-state index in [1.54, 1.807) is 24.3 Å². The molecule has 0 spiro atoms. The molecule has 0 bridgehead atoms. The Bertz CT molecular complexity index is 1310. The Morgan fingerprint density at radius 2 is 1.62 bits per heavy atom. The number of hydrazone groups is 1. The van der Waals surface area contributed by atoms with Crippen LogP contribution in [0.3, 0.4) is 0 Å². The average molecular weight is 545 g/mol. The largest absolute Gasteiger partial charge is 0.482 e. The van der Waals surface area contributed by atoms with Crippen molar-refractivity contribution in [3.05, 3.63) is 89.5 Å². The first-order valence-electron chi connectivity index (χ1n) is 13.1. The van der Waals surface area contributed by atoms with Crippen molar-refractivity contribution in [2.75, 3.05) is 19.8 Å². The monoisotopic (exact) mass is 544 g/mol. The van der Waals surface area contributed by atoms with Crippen LogP contribution in [0.2, 0.25) is 0 Å². The summed E-state index contributed by atoms with van der Waals surface area (Å²) in [7, 11) is 0. The highest BCUT2D eigenvalue weighted by Gasteiger charge is 2.29. The van der Waals surface area contributed by atoms with Gasteiger partial charge in [-0.1, -0.05) is 67.6 Å². The standard InChI is InChI=1S/C30H32N4O6/c1-2-21(17-32-34-29(37)31-16-15-20-11-13-22(14-12-20)39-19-28(35)36)33-30(38)40-18-27-25-9-5-3-7-23(25)24-8-4-6-10-26(24)27/h3-14,17,21,27H,2,15-16,18-19H2,1H3,(H,33,38)(H,35,36)(H2,31,34,37)/b32-17+/t21-/m0/s1. The summed E-state index contributed by atoms with van der Waals surface area (Å²) in [6, 6.07) is 22.4. The fraction of sp³-hybridized carbons (Fsp3) is 0.267. The SMILES string of the molecule is CC[C@@H](/C=N/NC(=O)NCCc1ccc(OCC(=O)O)cc1)NC(=O)OCC1c2ccccc2-c2ccccc21. The van der Waals surface area contributed by atoms with Crippen molar-refractivity contribution in [3.8, 4) is 16.9 Å². The van der Waals surface area contributed by atoms with Crippen LogP contribution in [0.15, 0.2) is 77.9 Å². The minimum atomic E-state index is -1.04. The lowest BCUT2D eigenvalue weighted by Gasteiger charge is -2.16. The van der Waals surface area contributed by atoms with Crippen LogP contribution in [0.1, 0.15) is 36.0 Å². The molecule has 40 heavy (non-hydrogen) atoms. The van der Waals surface area contributed by atoms with Gasteiger partial charge < -0.3 is 25.2 Å². The van der Waals surface area contributed by atoms with E-state index in [0.29, 0.717) is 25.1 Å². The lowest BCUT2D eigenvalue weighted by atomic mass is 9.98. The van der Waals surface area contributed by atoms with Crippen LogP contribution in [-0.2, 0) is 16.0 Å². The zero-order chi connectivity index (χ0) is 28.3. The van der Waals surface area contributed by atoms with Gasteiger partial charge in [0.15, 0.2) is 6.61 Å². The van der Waals surface area contributed by atoms with Crippen molar-refractivity contribution >= 4 is 24.3 Å². The molecule has 0 aliphatic heterocycles. The number of ether oxygens (including phenoxy) is 2. The molecule has 3 amide bonds. The highest BCUT2D eigenvalue weighted by molar-refractivity contribution is 5.80. The van der Waals surface area contributed by atoms with E-state index >= 15 is 0 Å². The Kier molecular flexibility index (Phi) is 9.71. The van der Waals surface area contributed by atoms with Crippen molar-refractivity contribution in [2.45, 2.75) is 31.7 Å². The van der Waals surface area contributed by atoms with Crippen LogP contribution >= 0.6 is 0 Å². The molecule has 10 heteroatoms. The number of carboxylic acids is 1. The van der Waals surface area contributed by atoms with E-state index in [4.69, 9.17) is 14.6 Å². The van der Waals surface area contributed by atoms with Gasteiger partial charge in [-0.2, -0.15) is 5.10 Å². The molecule has 0 radical (unpaired) electrons. The van der Waals surface area contributed by atoms with Crippen molar-refractivity contribution in [1.82, 2.24) is 16.1 Å². The normalized spacial score (nSPS) is 12.7. The number of carbonyl (C=O) groups is 3. The van der Waals surface area contributed by atoms with E-state index in [0.717, 1.165) is 27.8 Å². The Labute approximate surface area is 232 Å². The van der Waals surface area contributed by atoms with Gasteiger partial charge in [-0.05, 0) is 52.8 Å². The molecule has 1 atom stereocenters. The number of nitrogens with zero attached hydrogens (tertiary/aromatic N) is 1. The second-order valence-corrected chi connectivity index (χ2v) is 9.21. The van der Waals surface area contributed by atoms with E-state index in [2.05, 4.69) is 45.4 Å². The summed E-state index contributed by atoms with van der Waals surface area (Å²) in [6.07, 6.45) is 2.03. The number of amides is 3. The maximum atomic E-state index is 12.5. The summed E-state index contributed by atoms with van der Waals surface area (Å²) in [5.41, 5.74) is 7.95. The van der Waals surface area contributed by atoms with Crippen molar-refractivity contribution in [3.63, 3.8) is 0 Å². The van der Waals surface area contributed by atoms with Gasteiger partial charge in [-0.3, -0.25) is 0 Å². The van der Waals surface area contributed by atoms with Crippen LogP contribution in [0.25, 0.3) is 11.1 Å². The summed E-state index contributed by atoms with van der Waals surface area (Å²) in [4.78, 5) is 35.1. The lowest BCUT2D eigenvalue weighted by molar-refractivity contribution is -0.139. The number of fused-ring (bicyclic) bond motifs is 3. The molecular formula is C30H32N4O6. The summed E-state index contributed by atoms with van der Waals surface area (Å²) in [5.74, 6) is -0.607. The first-order chi connectivity index (χ1) is 19.4. The number of urea groups is 1. The molecule has 0 fully saturated rings. The molecule has 0 saturated heterocycles. The number of carbonyl (C=O) groups excluding carboxylic acids is 2. The molecule has 0 heterocycles. The summed E-state index contributed by atoms with van der Waals surface area (Å²) in [5, 5.41) is 18.1. The van der Waals surface area contributed by atoms with Gasteiger partial charge in [-0.25, -0.2) is 19.8 Å². The van der Waals surface area contributed by atoms with Crippen molar-refractivity contribution in [1.29, 1.82) is 0 Å². The Balaban J connectivity index is 1.17. The van der Waals surface area contributed by atoms with E-state index in [1.807, 2.05) is 31.2 Å². The Morgan fingerprint density at radius 1 is 0.975 bits per heavy atom. The van der Waals surface area contributed by atoms with Crippen LogP contribution < -0.4 is 20.8 Å². The molecule has 10 nitrogen and oxygen atoms in total. The number of rotatable bonds is 12. The van der Waals surface area contributed by atoms with E-state index in [-0.39, 0.29) is 12.5 Å². The number of alkyl carbamates (subject to hydrolysis) is 1. The zero-order valence-corrected chi connectivity index (χ0v) is 22.1. The third-order valence-electron chi connectivity index (χ3n) is 6.49. The van der Waals surface area contributed by atoms with E-state index in [1.165, 1.54) is 6.21 Å². The number of carboxylic acid groups (broad SMARTS) is 1. The molecule has 4 rings (SSSR count). The van der Waals surface area contributed by atoms with Crippen LogP contribution in [0, 0.1) is 0 Å². The smallest absolute Gasteiger partial charge is 0.407 e. The first-order valence-corrected chi connectivity index (χ1v) is 13.1. The van der Waals surface area contributed by atoms with Crippen LogP contribution in [0.5, 0.6) is 5.75 Å². The quantitative estimate of drug-likeness (QED) is 0.198. The van der Waals surface area contributed by atoms with Crippen LogP contribution in [0.4, 0.5) is 9.59 Å². The molecule has 0 aromatic heterocycles. The Hall–Kier alpha value is -4.86. The van der Waals surface area contributed by atoms with Gasteiger partial charge in [0.05, 0.1) is 6.04 Å². The third kappa shape index (κ3) is 7.59. The number of hydrogen-bond donors (Lipinski definition) is 4. The van der Waals surface area contributed by atoms with Crippen LogP contribution in [-0.4, -0.2) is 55.2 Å². The highest BCUT2D eigenvalue weighted by atomic mass is 16.5. The minimum Gasteiger partial charge on any atom is -0.482 e. The summed E-state index contributed by atoms with van der Waals surface area (Å²) >= 11 is 0. The maximum absolute atomic E-state index is 12.5. The van der Waals surface area contributed by atoms with E-state index in [9.17, 15) is 14.4 Å². The third-order valence-corrected chi connectivity index (χ3v) is 6.49. The molecule has 3 aromatic rings. The Morgan fingerprint density at radius 3 is 2.25 bits per heavy atom. The second-order valence-electron chi connectivity index (χ2n) is 9.21. The fourth-order valence-corrected chi connectivity index (χ4v) is 4.48. The molecule has 1 aliphatic carbocycles. The molecule has 4 N–H and O–H groups in total. The zero-order valence-electron chi connectivity index (χ0n) is 22.1. The van der Waals surface area contributed by atoms with Gasteiger partial charge in [0, 0.05) is 18.7 Å². The minimum absolute atomic E-state index is 0.0274. The van der Waals surface area contributed by atoms with Gasteiger partial charge in [-0.15, -0.1) is 0 Å². The number of nitrogens with one attached hydrogen (secondary N) is 3. The molecule has 0 saturated carbocycles. The average Bonchev–Trinajstić information content (AvgIpc) is 3.28. The number of aliphatic carboxylic acids is 1. The number of benzene rings is 3. The fourth-order valence-electron chi connectivity index (χ4n) is 4.48. The first kappa shape index (κ1) is 28.2. The van der Waals surface area contributed by atoms with Crippen molar-refractivity contribution in [2.24, 2.45) is 5.10 Å². The van der Waals surface area contributed by atoms with Gasteiger partial charge in [0.1, 0.15) is 12.4 Å².